The standard InChI is InChI=1S/C16H15N5O2S2/c1-20-10-17-18-16(20)25-9-15(22)21-12(13-4-2-6-23-13)8-11(19-21)14-5-3-7-24-14/h2-7,10,12H,8-9H2,1H3/t12-/m0/s1. The van der Waals surface area contributed by atoms with E-state index in [-0.39, 0.29) is 17.7 Å². The average molecular weight is 373 g/mol. The van der Waals surface area contributed by atoms with Gasteiger partial charge in [-0.1, -0.05) is 17.8 Å². The van der Waals surface area contributed by atoms with Gasteiger partial charge >= 0.3 is 0 Å². The summed E-state index contributed by atoms with van der Waals surface area (Å²) in [6, 6.07) is 7.51. The second-order valence-corrected chi connectivity index (χ2v) is 7.40. The minimum absolute atomic E-state index is 0.0824. The Balaban J connectivity index is 1.55. The molecule has 1 amide bonds. The van der Waals surface area contributed by atoms with Gasteiger partial charge in [0.1, 0.15) is 18.1 Å². The predicted molar refractivity (Wildman–Crippen MR) is 95.5 cm³/mol. The number of carbonyl (C=O) groups excluding carboxylic acids is 1. The number of hydrogen-bond donors (Lipinski definition) is 0. The summed E-state index contributed by atoms with van der Waals surface area (Å²) < 4.78 is 7.32. The number of aryl methyl sites for hydroxylation is 1. The van der Waals surface area contributed by atoms with Gasteiger partial charge in [-0.2, -0.15) is 5.10 Å². The Hall–Kier alpha value is -2.39. The molecule has 1 aliphatic rings. The SMILES string of the molecule is Cn1cnnc1SCC(=O)N1N=C(c2cccs2)C[C@H]1c1ccco1. The van der Waals surface area contributed by atoms with Gasteiger partial charge in [0.25, 0.3) is 5.91 Å². The first-order valence-electron chi connectivity index (χ1n) is 7.66. The molecule has 7 nitrogen and oxygen atoms in total. The molecule has 0 saturated heterocycles. The summed E-state index contributed by atoms with van der Waals surface area (Å²) in [5.41, 5.74) is 0.911. The van der Waals surface area contributed by atoms with Crippen LogP contribution in [0.1, 0.15) is 23.1 Å². The number of nitrogens with zero attached hydrogens (tertiary/aromatic N) is 5. The van der Waals surface area contributed by atoms with E-state index in [2.05, 4.69) is 15.3 Å². The zero-order valence-corrected chi connectivity index (χ0v) is 15.0. The molecule has 0 bridgehead atoms. The lowest BCUT2D eigenvalue weighted by Crippen LogP contribution is -2.28. The smallest absolute Gasteiger partial charge is 0.253 e. The minimum Gasteiger partial charge on any atom is -0.467 e. The van der Waals surface area contributed by atoms with E-state index in [0.29, 0.717) is 11.6 Å². The summed E-state index contributed by atoms with van der Waals surface area (Å²) in [4.78, 5) is 13.9. The zero-order valence-electron chi connectivity index (χ0n) is 13.4. The van der Waals surface area contributed by atoms with Crippen LogP contribution in [-0.2, 0) is 11.8 Å². The topological polar surface area (TPSA) is 76.5 Å². The number of carbonyl (C=O) groups is 1. The number of aromatic nitrogens is 3. The molecule has 0 aromatic carbocycles. The Morgan fingerprint density at radius 2 is 2.36 bits per heavy atom. The number of hydrazone groups is 1. The highest BCUT2D eigenvalue weighted by Crippen LogP contribution is 2.34. The lowest BCUT2D eigenvalue weighted by molar-refractivity contribution is -0.130. The summed E-state index contributed by atoms with van der Waals surface area (Å²) in [6.07, 6.45) is 3.88. The molecule has 1 aliphatic heterocycles. The number of furan rings is 1. The van der Waals surface area contributed by atoms with Crippen molar-refractivity contribution in [2.24, 2.45) is 12.1 Å². The third-order valence-corrected chi connectivity index (χ3v) is 5.78. The van der Waals surface area contributed by atoms with Crippen molar-refractivity contribution in [3.8, 4) is 0 Å². The monoisotopic (exact) mass is 373 g/mol. The van der Waals surface area contributed by atoms with Gasteiger partial charge in [-0.3, -0.25) is 4.79 Å². The van der Waals surface area contributed by atoms with Gasteiger partial charge in [0.2, 0.25) is 0 Å². The van der Waals surface area contributed by atoms with Gasteiger partial charge < -0.3 is 8.98 Å². The number of thiophene rings is 1. The number of hydrogen-bond acceptors (Lipinski definition) is 7. The fourth-order valence-electron chi connectivity index (χ4n) is 2.63. The zero-order chi connectivity index (χ0) is 17.2. The van der Waals surface area contributed by atoms with E-state index in [1.807, 2.05) is 36.7 Å². The number of amides is 1. The lowest BCUT2D eigenvalue weighted by Gasteiger charge is -2.19. The van der Waals surface area contributed by atoms with Gasteiger partial charge in [-0.25, -0.2) is 5.01 Å². The largest absolute Gasteiger partial charge is 0.467 e. The normalized spacial score (nSPS) is 17.1. The van der Waals surface area contributed by atoms with Gasteiger partial charge in [-0.15, -0.1) is 21.5 Å². The van der Waals surface area contributed by atoms with E-state index in [4.69, 9.17) is 4.42 Å². The van der Waals surface area contributed by atoms with Crippen LogP contribution in [0.4, 0.5) is 0 Å². The van der Waals surface area contributed by atoms with Crippen LogP contribution in [0.3, 0.4) is 0 Å². The molecule has 0 N–H and O–H groups in total. The van der Waals surface area contributed by atoms with Crippen LogP contribution in [0, 0.1) is 0 Å². The van der Waals surface area contributed by atoms with Crippen LogP contribution in [0.25, 0.3) is 0 Å². The second-order valence-electron chi connectivity index (χ2n) is 5.51. The van der Waals surface area contributed by atoms with Crippen LogP contribution in [0.5, 0.6) is 0 Å². The van der Waals surface area contributed by atoms with Crippen LogP contribution in [0.2, 0.25) is 0 Å². The summed E-state index contributed by atoms with van der Waals surface area (Å²) in [7, 11) is 1.85. The van der Waals surface area contributed by atoms with Crippen molar-refractivity contribution < 1.29 is 9.21 Å². The van der Waals surface area contributed by atoms with E-state index in [1.165, 1.54) is 16.8 Å². The minimum atomic E-state index is -0.209. The summed E-state index contributed by atoms with van der Waals surface area (Å²) >= 11 is 2.97. The molecule has 0 saturated carbocycles. The molecule has 0 aliphatic carbocycles. The Kier molecular flexibility index (Phi) is 4.41. The summed E-state index contributed by atoms with van der Waals surface area (Å²) in [6.45, 7) is 0. The van der Waals surface area contributed by atoms with Crippen molar-refractivity contribution in [3.05, 3.63) is 52.9 Å². The van der Waals surface area contributed by atoms with Crippen LogP contribution in [-0.4, -0.2) is 37.1 Å². The van der Waals surface area contributed by atoms with Crippen molar-refractivity contribution in [2.75, 3.05) is 5.75 Å². The van der Waals surface area contributed by atoms with Crippen molar-refractivity contribution in [1.29, 1.82) is 0 Å². The highest BCUT2D eigenvalue weighted by atomic mass is 32.2. The van der Waals surface area contributed by atoms with Crippen molar-refractivity contribution in [3.63, 3.8) is 0 Å². The molecule has 1 atom stereocenters. The maximum Gasteiger partial charge on any atom is 0.253 e. The van der Waals surface area contributed by atoms with E-state index in [1.54, 1.807) is 28.5 Å². The highest BCUT2D eigenvalue weighted by molar-refractivity contribution is 7.99. The molecule has 3 aromatic heterocycles. The van der Waals surface area contributed by atoms with E-state index in [9.17, 15) is 4.79 Å². The van der Waals surface area contributed by atoms with Crippen molar-refractivity contribution >= 4 is 34.7 Å². The molecule has 9 heteroatoms. The first-order valence-corrected chi connectivity index (χ1v) is 9.52. The first kappa shape index (κ1) is 16.1. The van der Waals surface area contributed by atoms with Gasteiger partial charge in [0.05, 0.1) is 22.6 Å². The molecular formula is C16H15N5O2S2. The summed E-state index contributed by atoms with van der Waals surface area (Å²) in [5.74, 6) is 0.901. The highest BCUT2D eigenvalue weighted by Gasteiger charge is 2.35. The third-order valence-electron chi connectivity index (χ3n) is 3.84. The fraction of sp³-hybridized carbons (Fsp3) is 0.250. The maximum atomic E-state index is 12.8. The molecule has 3 aromatic rings. The Morgan fingerprint density at radius 1 is 1.44 bits per heavy atom. The third kappa shape index (κ3) is 3.24. The Morgan fingerprint density at radius 3 is 3.04 bits per heavy atom. The van der Waals surface area contributed by atoms with E-state index in [0.717, 1.165) is 16.3 Å². The van der Waals surface area contributed by atoms with Crippen LogP contribution < -0.4 is 0 Å². The Bertz CT molecular complexity index is 886. The van der Waals surface area contributed by atoms with Crippen LogP contribution >= 0.6 is 23.1 Å². The van der Waals surface area contributed by atoms with Crippen molar-refractivity contribution in [2.45, 2.75) is 17.6 Å². The molecule has 0 radical (unpaired) electrons. The molecule has 0 fully saturated rings. The molecule has 128 valence electrons. The van der Waals surface area contributed by atoms with E-state index < -0.39 is 0 Å². The average Bonchev–Trinajstić information content (AvgIpc) is 3.38. The van der Waals surface area contributed by atoms with Crippen molar-refractivity contribution in [1.82, 2.24) is 19.8 Å². The molecule has 4 heterocycles. The van der Waals surface area contributed by atoms with Gasteiger partial charge in [0, 0.05) is 13.5 Å². The maximum absolute atomic E-state index is 12.8. The molecule has 0 unspecified atom stereocenters. The molecule has 25 heavy (non-hydrogen) atoms. The fourth-order valence-corrected chi connectivity index (χ4v) is 4.09. The molecule has 4 rings (SSSR count). The van der Waals surface area contributed by atoms with Crippen LogP contribution in [0.15, 0.2) is 56.9 Å². The number of thioether (sulfide) groups is 1. The lowest BCUT2D eigenvalue weighted by atomic mass is 10.1. The summed E-state index contributed by atoms with van der Waals surface area (Å²) in [5, 5.41) is 16.6. The quantitative estimate of drug-likeness (QED) is 0.643. The van der Waals surface area contributed by atoms with E-state index >= 15 is 0 Å². The van der Waals surface area contributed by atoms with Gasteiger partial charge in [0.15, 0.2) is 5.16 Å². The second kappa shape index (κ2) is 6.85. The molecule has 0 spiro atoms. The Labute approximate surface area is 152 Å². The van der Waals surface area contributed by atoms with Gasteiger partial charge in [-0.05, 0) is 23.6 Å². The number of rotatable bonds is 5. The predicted octanol–water partition coefficient (Wildman–Crippen LogP) is 2.94. The molecular weight excluding hydrogens is 358 g/mol. The first-order chi connectivity index (χ1) is 12.2.